The van der Waals surface area contributed by atoms with Gasteiger partial charge < -0.3 is 10.6 Å². The summed E-state index contributed by atoms with van der Waals surface area (Å²) < 4.78 is 0.970. The van der Waals surface area contributed by atoms with Gasteiger partial charge in [0.05, 0.1) is 0 Å². The highest BCUT2D eigenvalue weighted by Gasteiger charge is 2.31. The first-order valence-electron chi connectivity index (χ1n) is 6.78. The number of piperazine rings is 1. The first-order valence-corrected chi connectivity index (χ1v) is 7.57. The Kier molecular flexibility index (Phi) is 3.50. The van der Waals surface area contributed by atoms with Gasteiger partial charge in [-0.15, -0.1) is 0 Å². The summed E-state index contributed by atoms with van der Waals surface area (Å²) in [5.41, 5.74) is 7.62. The van der Waals surface area contributed by atoms with Gasteiger partial charge in [0.1, 0.15) is 5.84 Å². The lowest BCUT2D eigenvalue weighted by atomic mass is 10.1. The summed E-state index contributed by atoms with van der Waals surface area (Å²) in [5.74, 6) is 0.140. The van der Waals surface area contributed by atoms with Crippen molar-refractivity contribution in [3.05, 3.63) is 28.2 Å². The molecule has 0 aromatic heterocycles. The first kappa shape index (κ1) is 12.9. The van der Waals surface area contributed by atoms with Gasteiger partial charge in [-0.3, -0.25) is 10.3 Å². The average Bonchev–Trinajstić information content (AvgIpc) is 3.23. The maximum absolute atomic E-state index is 7.73. The van der Waals surface area contributed by atoms with Crippen LogP contribution in [-0.2, 0) is 0 Å². The molecule has 0 radical (unpaired) electrons. The molecule has 102 valence electrons. The molecule has 1 saturated heterocycles. The van der Waals surface area contributed by atoms with Gasteiger partial charge in [0.2, 0.25) is 0 Å². The molecule has 0 atom stereocenters. The number of hydrogen-bond acceptors (Lipinski definition) is 3. The smallest absolute Gasteiger partial charge is 0.124 e. The lowest BCUT2D eigenvalue weighted by Crippen LogP contribution is -2.47. The molecule has 0 bridgehead atoms. The minimum atomic E-state index is 0.140. The monoisotopic (exact) mass is 322 g/mol. The molecule has 4 nitrogen and oxygen atoms in total. The third-order valence-electron chi connectivity index (χ3n) is 3.97. The van der Waals surface area contributed by atoms with Crippen molar-refractivity contribution in [2.24, 2.45) is 5.73 Å². The normalized spacial score (nSPS) is 20.6. The second-order valence-corrected chi connectivity index (χ2v) is 6.25. The van der Waals surface area contributed by atoms with E-state index in [4.69, 9.17) is 11.1 Å². The van der Waals surface area contributed by atoms with E-state index in [9.17, 15) is 0 Å². The largest absolute Gasteiger partial charge is 0.384 e. The van der Waals surface area contributed by atoms with Crippen molar-refractivity contribution in [2.75, 3.05) is 31.1 Å². The molecule has 3 N–H and O–H groups in total. The number of halogens is 1. The van der Waals surface area contributed by atoms with Gasteiger partial charge in [-0.25, -0.2) is 0 Å². The van der Waals surface area contributed by atoms with Crippen LogP contribution in [0.1, 0.15) is 18.4 Å². The first-order chi connectivity index (χ1) is 9.15. The van der Waals surface area contributed by atoms with Crippen LogP contribution in [0.5, 0.6) is 0 Å². The number of nitrogens with two attached hydrogens (primary N) is 1. The molecule has 2 fully saturated rings. The summed E-state index contributed by atoms with van der Waals surface area (Å²) >= 11 is 3.45. The van der Waals surface area contributed by atoms with Crippen LogP contribution in [0, 0.1) is 5.41 Å². The maximum Gasteiger partial charge on any atom is 0.124 e. The van der Waals surface area contributed by atoms with E-state index in [1.54, 1.807) is 0 Å². The molecule has 1 aliphatic carbocycles. The van der Waals surface area contributed by atoms with Crippen LogP contribution in [0.4, 0.5) is 5.69 Å². The van der Waals surface area contributed by atoms with E-state index in [1.165, 1.54) is 12.8 Å². The minimum Gasteiger partial charge on any atom is -0.384 e. The maximum atomic E-state index is 7.73. The van der Waals surface area contributed by atoms with Crippen molar-refractivity contribution < 1.29 is 0 Å². The molecule has 0 spiro atoms. The number of nitrogens with zero attached hydrogens (tertiary/aromatic N) is 2. The van der Waals surface area contributed by atoms with E-state index >= 15 is 0 Å². The van der Waals surface area contributed by atoms with Crippen LogP contribution in [0.3, 0.4) is 0 Å². The number of hydrogen-bond donors (Lipinski definition) is 2. The number of nitrogen functional groups attached to an aromatic ring is 1. The Bertz CT molecular complexity index is 490. The van der Waals surface area contributed by atoms with Crippen molar-refractivity contribution in [2.45, 2.75) is 18.9 Å². The van der Waals surface area contributed by atoms with E-state index in [-0.39, 0.29) is 5.84 Å². The van der Waals surface area contributed by atoms with Crippen molar-refractivity contribution in [1.82, 2.24) is 4.90 Å². The Morgan fingerprint density at radius 3 is 2.47 bits per heavy atom. The Morgan fingerprint density at radius 1 is 1.21 bits per heavy atom. The summed E-state index contributed by atoms with van der Waals surface area (Å²) in [6, 6.07) is 6.87. The lowest BCUT2D eigenvalue weighted by Gasteiger charge is -2.37. The second kappa shape index (κ2) is 5.13. The van der Waals surface area contributed by atoms with E-state index in [0.717, 1.165) is 47.9 Å². The van der Waals surface area contributed by atoms with Crippen LogP contribution in [0.25, 0.3) is 0 Å². The van der Waals surface area contributed by atoms with Crippen LogP contribution < -0.4 is 10.6 Å². The van der Waals surface area contributed by atoms with Gasteiger partial charge in [0, 0.05) is 47.9 Å². The topological polar surface area (TPSA) is 56.4 Å². The SMILES string of the molecule is N=C(N)c1cc(Br)ccc1N1CCN(C2CC2)CC1. The van der Waals surface area contributed by atoms with Crippen molar-refractivity contribution in [3.63, 3.8) is 0 Å². The highest BCUT2D eigenvalue weighted by atomic mass is 79.9. The summed E-state index contributed by atoms with van der Waals surface area (Å²) in [6.45, 7) is 4.30. The Morgan fingerprint density at radius 2 is 1.89 bits per heavy atom. The molecule has 0 unspecified atom stereocenters. The summed E-state index contributed by atoms with van der Waals surface area (Å²) in [5, 5.41) is 7.73. The Labute approximate surface area is 122 Å². The van der Waals surface area contributed by atoms with E-state index < -0.39 is 0 Å². The number of rotatable bonds is 3. The van der Waals surface area contributed by atoms with Gasteiger partial charge in [-0.05, 0) is 31.0 Å². The molecule has 3 rings (SSSR count). The molecule has 2 aliphatic rings. The van der Waals surface area contributed by atoms with Crippen LogP contribution in [0.2, 0.25) is 0 Å². The van der Waals surface area contributed by atoms with Crippen LogP contribution in [0.15, 0.2) is 22.7 Å². The van der Waals surface area contributed by atoms with Crippen molar-refractivity contribution in [1.29, 1.82) is 5.41 Å². The molecule has 1 saturated carbocycles. The van der Waals surface area contributed by atoms with E-state index in [2.05, 4.69) is 31.8 Å². The van der Waals surface area contributed by atoms with Crippen molar-refractivity contribution in [3.8, 4) is 0 Å². The zero-order valence-corrected chi connectivity index (χ0v) is 12.5. The fourth-order valence-electron chi connectivity index (χ4n) is 2.77. The number of amidine groups is 1. The van der Waals surface area contributed by atoms with Gasteiger partial charge in [0.15, 0.2) is 0 Å². The second-order valence-electron chi connectivity index (χ2n) is 5.33. The third-order valence-corrected chi connectivity index (χ3v) is 4.46. The predicted molar refractivity (Wildman–Crippen MR) is 82.0 cm³/mol. The Balaban J connectivity index is 1.77. The summed E-state index contributed by atoms with van der Waals surface area (Å²) in [7, 11) is 0. The van der Waals surface area contributed by atoms with E-state index in [0.29, 0.717) is 0 Å². The molecular weight excluding hydrogens is 304 g/mol. The minimum absolute atomic E-state index is 0.140. The summed E-state index contributed by atoms with van der Waals surface area (Å²) in [6.07, 6.45) is 2.74. The van der Waals surface area contributed by atoms with Gasteiger partial charge >= 0.3 is 0 Å². The quantitative estimate of drug-likeness (QED) is 0.661. The van der Waals surface area contributed by atoms with Gasteiger partial charge in [-0.2, -0.15) is 0 Å². The molecule has 1 aliphatic heterocycles. The predicted octanol–water partition coefficient (Wildman–Crippen LogP) is 2.02. The molecule has 1 aromatic carbocycles. The van der Waals surface area contributed by atoms with Crippen LogP contribution >= 0.6 is 15.9 Å². The highest BCUT2D eigenvalue weighted by Crippen LogP contribution is 2.30. The number of nitrogens with one attached hydrogen (secondary N) is 1. The molecule has 0 amide bonds. The zero-order chi connectivity index (χ0) is 13.4. The Hall–Kier alpha value is -1.07. The van der Waals surface area contributed by atoms with Crippen LogP contribution in [-0.4, -0.2) is 43.0 Å². The third kappa shape index (κ3) is 2.77. The molecular formula is C14H19BrN4. The number of benzene rings is 1. The highest BCUT2D eigenvalue weighted by molar-refractivity contribution is 9.10. The molecule has 1 aromatic rings. The summed E-state index contributed by atoms with van der Waals surface area (Å²) in [4.78, 5) is 4.94. The average molecular weight is 323 g/mol. The van der Waals surface area contributed by atoms with Gasteiger partial charge in [-0.1, -0.05) is 15.9 Å². The fraction of sp³-hybridized carbons (Fsp3) is 0.500. The molecule has 19 heavy (non-hydrogen) atoms. The lowest BCUT2D eigenvalue weighted by molar-refractivity contribution is 0.248. The van der Waals surface area contributed by atoms with Crippen molar-refractivity contribution >= 4 is 27.5 Å². The van der Waals surface area contributed by atoms with E-state index in [1.807, 2.05) is 12.1 Å². The molecule has 1 heterocycles. The fourth-order valence-corrected chi connectivity index (χ4v) is 3.13. The number of anilines is 1. The zero-order valence-electron chi connectivity index (χ0n) is 10.9. The molecule has 5 heteroatoms. The standard InChI is InChI=1S/C14H19BrN4/c15-10-1-4-13(12(9-10)14(16)17)19-7-5-18(6-8-19)11-2-3-11/h1,4,9,11H,2-3,5-8H2,(H3,16,17). The van der Waals surface area contributed by atoms with Gasteiger partial charge in [0.25, 0.3) is 0 Å².